The first kappa shape index (κ1) is 12.6. The van der Waals surface area contributed by atoms with E-state index in [2.05, 4.69) is 20.9 Å². The SMILES string of the molecule is C[C@H]1c2cc(Cl)ccc2C(=O)N1c1cncc(Br)c1. The number of anilines is 1. The van der Waals surface area contributed by atoms with E-state index in [4.69, 9.17) is 11.6 Å². The van der Waals surface area contributed by atoms with E-state index in [0.717, 1.165) is 15.7 Å². The van der Waals surface area contributed by atoms with E-state index in [0.29, 0.717) is 10.6 Å². The summed E-state index contributed by atoms with van der Waals surface area (Å²) in [6.45, 7) is 1.99. The molecule has 96 valence electrons. The Hall–Kier alpha value is -1.39. The fourth-order valence-corrected chi connectivity index (χ4v) is 2.93. The van der Waals surface area contributed by atoms with Gasteiger partial charge in [0, 0.05) is 21.3 Å². The van der Waals surface area contributed by atoms with E-state index in [1.54, 1.807) is 29.4 Å². The molecule has 0 saturated carbocycles. The molecule has 2 heterocycles. The third-order valence-corrected chi connectivity index (χ3v) is 3.94. The third-order valence-electron chi connectivity index (χ3n) is 3.27. The van der Waals surface area contributed by atoms with Gasteiger partial charge in [-0.3, -0.25) is 14.7 Å². The summed E-state index contributed by atoms with van der Waals surface area (Å²) in [6, 6.07) is 7.22. The molecule has 1 aliphatic heterocycles. The molecule has 1 aliphatic rings. The first-order valence-electron chi connectivity index (χ1n) is 5.81. The zero-order chi connectivity index (χ0) is 13.6. The van der Waals surface area contributed by atoms with Crippen molar-refractivity contribution in [3.63, 3.8) is 0 Å². The fourth-order valence-electron chi connectivity index (χ4n) is 2.39. The molecule has 0 saturated heterocycles. The van der Waals surface area contributed by atoms with E-state index in [1.807, 2.05) is 19.1 Å². The lowest BCUT2D eigenvalue weighted by atomic mass is 10.1. The number of aromatic nitrogens is 1. The quantitative estimate of drug-likeness (QED) is 0.780. The van der Waals surface area contributed by atoms with Gasteiger partial charge in [-0.2, -0.15) is 0 Å². The molecular formula is C14H10BrClN2O. The molecule has 1 atom stereocenters. The van der Waals surface area contributed by atoms with Crippen LogP contribution in [0.25, 0.3) is 0 Å². The molecule has 1 amide bonds. The number of pyridine rings is 1. The van der Waals surface area contributed by atoms with Crippen LogP contribution in [-0.4, -0.2) is 10.9 Å². The van der Waals surface area contributed by atoms with Crippen molar-refractivity contribution in [2.45, 2.75) is 13.0 Å². The van der Waals surface area contributed by atoms with Crippen molar-refractivity contribution in [3.8, 4) is 0 Å². The van der Waals surface area contributed by atoms with Crippen LogP contribution in [0.1, 0.15) is 28.9 Å². The van der Waals surface area contributed by atoms with E-state index in [9.17, 15) is 4.79 Å². The topological polar surface area (TPSA) is 33.2 Å². The second kappa shape index (κ2) is 4.62. The molecule has 0 aliphatic carbocycles. The Bertz CT molecular complexity index is 674. The second-order valence-electron chi connectivity index (χ2n) is 4.44. The molecule has 3 rings (SSSR count). The highest BCUT2D eigenvalue weighted by Crippen LogP contribution is 2.38. The molecule has 1 aromatic heterocycles. The maximum absolute atomic E-state index is 12.5. The first-order valence-corrected chi connectivity index (χ1v) is 6.98. The maximum atomic E-state index is 12.5. The van der Waals surface area contributed by atoms with Crippen LogP contribution < -0.4 is 4.90 Å². The van der Waals surface area contributed by atoms with Gasteiger partial charge in [0.2, 0.25) is 0 Å². The van der Waals surface area contributed by atoms with Gasteiger partial charge in [0.05, 0.1) is 17.9 Å². The molecule has 0 bridgehead atoms. The van der Waals surface area contributed by atoms with E-state index < -0.39 is 0 Å². The predicted octanol–water partition coefficient (Wildman–Crippen LogP) is 4.22. The van der Waals surface area contributed by atoms with Gasteiger partial charge in [-0.25, -0.2) is 0 Å². The number of hydrogen-bond acceptors (Lipinski definition) is 2. The van der Waals surface area contributed by atoms with Crippen molar-refractivity contribution in [2.75, 3.05) is 4.90 Å². The van der Waals surface area contributed by atoms with Crippen LogP contribution in [0.2, 0.25) is 5.02 Å². The minimum atomic E-state index is -0.0442. The molecule has 3 nitrogen and oxygen atoms in total. The summed E-state index contributed by atoms with van der Waals surface area (Å²) in [7, 11) is 0. The minimum Gasteiger partial charge on any atom is -0.300 e. The lowest BCUT2D eigenvalue weighted by Gasteiger charge is -2.21. The standard InChI is InChI=1S/C14H10BrClN2O/c1-8-13-5-10(16)2-3-12(13)14(19)18(8)11-4-9(15)6-17-7-11/h2-8H,1H3/t8-/m0/s1. The van der Waals surface area contributed by atoms with Crippen LogP contribution >= 0.6 is 27.5 Å². The van der Waals surface area contributed by atoms with Gasteiger partial charge >= 0.3 is 0 Å². The van der Waals surface area contributed by atoms with E-state index >= 15 is 0 Å². The van der Waals surface area contributed by atoms with Gasteiger partial charge in [0.15, 0.2) is 0 Å². The Morgan fingerprint density at radius 3 is 2.84 bits per heavy atom. The number of hydrogen-bond donors (Lipinski definition) is 0. The first-order chi connectivity index (χ1) is 9.08. The minimum absolute atomic E-state index is 0.0148. The average Bonchev–Trinajstić information content (AvgIpc) is 2.61. The summed E-state index contributed by atoms with van der Waals surface area (Å²) in [5.74, 6) is -0.0148. The van der Waals surface area contributed by atoms with Gasteiger partial charge in [0.25, 0.3) is 5.91 Å². The number of nitrogens with zero attached hydrogens (tertiary/aromatic N) is 2. The third kappa shape index (κ3) is 2.05. The van der Waals surface area contributed by atoms with Crippen LogP contribution in [-0.2, 0) is 0 Å². The van der Waals surface area contributed by atoms with Crippen LogP contribution in [0.15, 0.2) is 41.1 Å². The van der Waals surface area contributed by atoms with Crippen molar-refractivity contribution in [2.24, 2.45) is 0 Å². The average molecular weight is 338 g/mol. The molecule has 0 N–H and O–H groups in total. The number of halogens is 2. The Kier molecular flexibility index (Phi) is 3.07. The lowest BCUT2D eigenvalue weighted by Crippen LogP contribution is -2.26. The van der Waals surface area contributed by atoms with Gasteiger partial charge in [-0.1, -0.05) is 11.6 Å². The molecule has 5 heteroatoms. The number of fused-ring (bicyclic) bond motifs is 1. The van der Waals surface area contributed by atoms with Gasteiger partial charge in [-0.05, 0) is 52.7 Å². The summed E-state index contributed by atoms with van der Waals surface area (Å²) < 4.78 is 0.846. The van der Waals surface area contributed by atoms with Gasteiger partial charge < -0.3 is 0 Å². The van der Waals surface area contributed by atoms with Crippen molar-refractivity contribution in [1.82, 2.24) is 4.98 Å². The van der Waals surface area contributed by atoms with Crippen LogP contribution in [0.3, 0.4) is 0 Å². The Morgan fingerprint density at radius 2 is 2.11 bits per heavy atom. The van der Waals surface area contributed by atoms with Crippen LogP contribution in [0, 0.1) is 0 Å². The van der Waals surface area contributed by atoms with Crippen molar-refractivity contribution >= 4 is 39.1 Å². The molecule has 0 fully saturated rings. The molecule has 0 unspecified atom stereocenters. The van der Waals surface area contributed by atoms with Gasteiger partial charge in [0.1, 0.15) is 0 Å². The highest BCUT2D eigenvalue weighted by Gasteiger charge is 2.35. The molecule has 2 aromatic rings. The van der Waals surface area contributed by atoms with Gasteiger partial charge in [-0.15, -0.1) is 0 Å². The maximum Gasteiger partial charge on any atom is 0.259 e. The number of carbonyl (C=O) groups is 1. The normalized spacial score (nSPS) is 17.7. The largest absolute Gasteiger partial charge is 0.300 e. The number of amides is 1. The smallest absolute Gasteiger partial charge is 0.259 e. The number of benzene rings is 1. The van der Waals surface area contributed by atoms with E-state index in [1.165, 1.54) is 0 Å². The number of carbonyl (C=O) groups excluding carboxylic acids is 1. The Labute approximate surface area is 124 Å². The van der Waals surface area contributed by atoms with Crippen molar-refractivity contribution in [3.05, 3.63) is 57.3 Å². The molecule has 19 heavy (non-hydrogen) atoms. The molecule has 1 aromatic carbocycles. The summed E-state index contributed by atoms with van der Waals surface area (Å²) in [6.07, 6.45) is 3.38. The highest BCUT2D eigenvalue weighted by molar-refractivity contribution is 9.10. The zero-order valence-electron chi connectivity index (χ0n) is 10.1. The summed E-state index contributed by atoms with van der Waals surface area (Å²) in [5.41, 5.74) is 2.44. The number of rotatable bonds is 1. The Morgan fingerprint density at radius 1 is 1.32 bits per heavy atom. The van der Waals surface area contributed by atoms with Crippen LogP contribution in [0.5, 0.6) is 0 Å². The summed E-state index contributed by atoms with van der Waals surface area (Å²) >= 11 is 9.38. The van der Waals surface area contributed by atoms with E-state index in [-0.39, 0.29) is 11.9 Å². The predicted molar refractivity (Wildman–Crippen MR) is 78.6 cm³/mol. The molecule has 0 radical (unpaired) electrons. The zero-order valence-corrected chi connectivity index (χ0v) is 12.4. The summed E-state index contributed by atoms with van der Waals surface area (Å²) in [5, 5.41) is 0.646. The lowest BCUT2D eigenvalue weighted by molar-refractivity contribution is 0.0992. The molecule has 0 spiro atoms. The monoisotopic (exact) mass is 336 g/mol. The molecular weight excluding hydrogens is 328 g/mol. The van der Waals surface area contributed by atoms with Crippen molar-refractivity contribution in [1.29, 1.82) is 0 Å². The fraction of sp³-hybridized carbons (Fsp3) is 0.143. The van der Waals surface area contributed by atoms with Crippen molar-refractivity contribution < 1.29 is 4.79 Å². The second-order valence-corrected chi connectivity index (χ2v) is 5.80. The van der Waals surface area contributed by atoms with Crippen LogP contribution in [0.4, 0.5) is 5.69 Å². The highest BCUT2D eigenvalue weighted by atomic mass is 79.9. The summed E-state index contributed by atoms with van der Waals surface area (Å²) in [4.78, 5) is 18.3. The Balaban J connectivity index is 2.10.